The molecular weight excluding hydrogens is 1220 g/mol. The molecule has 0 unspecified atom stereocenters. The number of carbonyl (C=O) groups is 9. The van der Waals surface area contributed by atoms with Crippen LogP contribution in [-0.2, 0) is 71.6 Å². The van der Waals surface area contributed by atoms with Crippen molar-refractivity contribution in [3.8, 4) is 0 Å². The Morgan fingerprint density at radius 2 is 0.600 bits per heavy atom. The molecule has 9 rings (SSSR count). The molecule has 0 bridgehead atoms. The van der Waals surface area contributed by atoms with Crippen LogP contribution in [0.25, 0.3) is 0 Å². The van der Waals surface area contributed by atoms with Crippen LogP contribution in [0.5, 0.6) is 0 Å². The van der Waals surface area contributed by atoms with Gasteiger partial charge in [-0.2, -0.15) is 0 Å². The van der Waals surface area contributed by atoms with Gasteiger partial charge in [-0.1, -0.05) is 38.5 Å². The van der Waals surface area contributed by atoms with Crippen molar-refractivity contribution in [2.45, 2.75) is 248 Å². The highest BCUT2D eigenvalue weighted by molar-refractivity contribution is 8.02. The van der Waals surface area contributed by atoms with E-state index in [1.165, 1.54) is 38.5 Å². The number of amides is 3. The Hall–Kier alpha value is -5.31. The number of esters is 6. The van der Waals surface area contributed by atoms with Gasteiger partial charge in [-0.25, -0.2) is 14.4 Å². The monoisotopic (exact) mass is 1320 g/mol. The van der Waals surface area contributed by atoms with Crippen LogP contribution >= 0.6 is 35.3 Å². The largest absolute Gasteiger partial charge is 0.427 e. The lowest BCUT2D eigenvalue weighted by Gasteiger charge is -2.41. The first-order valence-electron chi connectivity index (χ1n) is 31.9. The molecule has 0 radical (unpaired) electrons. The third-order valence-electron chi connectivity index (χ3n) is 17.0. The third kappa shape index (κ3) is 17.5. The van der Waals surface area contributed by atoms with Gasteiger partial charge in [-0.15, -0.1) is 35.3 Å². The summed E-state index contributed by atoms with van der Waals surface area (Å²) >= 11 is 4.69. The normalized spacial score (nSPS) is 28.7. The van der Waals surface area contributed by atoms with Gasteiger partial charge in [-0.05, 0) is 142 Å². The number of carbonyl (C=O) groups excluding carboxylic acids is 9. The summed E-state index contributed by atoms with van der Waals surface area (Å²) in [7, 11) is 0. The van der Waals surface area contributed by atoms with E-state index in [0.717, 1.165) is 77.8 Å². The minimum absolute atomic E-state index is 0.155. The highest BCUT2D eigenvalue weighted by Gasteiger charge is 2.67. The van der Waals surface area contributed by atoms with E-state index in [1.807, 2.05) is 60.6 Å². The summed E-state index contributed by atoms with van der Waals surface area (Å²) in [6.07, 6.45) is 19.8. The van der Waals surface area contributed by atoms with E-state index < -0.39 is 123 Å². The number of fused-ring (bicyclic) bond motifs is 3. The molecule has 0 N–H and O–H groups in total. The summed E-state index contributed by atoms with van der Waals surface area (Å²) in [5.74, 6) is -3.48. The number of nitrogens with zero attached hydrogens (tertiary/aromatic N) is 9. The van der Waals surface area contributed by atoms with Crippen molar-refractivity contribution in [3.05, 3.63) is 0 Å². The predicted octanol–water partition coefficient (Wildman–Crippen LogP) is 7.23. The second-order valence-corrected chi connectivity index (χ2v) is 34.4. The van der Waals surface area contributed by atoms with Crippen molar-refractivity contribution in [2.24, 2.45) is 31.2 Å². The van der Waals surface area contributed by atoms with E-state index in [4.69, 9.17) is 28.4 Å². The van der Waals surface area contributed by atoms with Crippen LogP contribution in [0.2, 0.25) is 0 Å². The van der Waals surface area contributed by atoms with Crippen LogP contribution in [0.3, 0.4) is 0 Å². The zero-order chi connectivity index (χ0) is 66.3. The molecule has 0 aliphatic carbocycles. The van der Waals surface area contributed by atoms with Gasteiger partial charge in [0.2, 0.25) is 20.4 Å². The van der Waals surface area contributed by atoms with E-state index >= 15 is 0 Å². The average molecular weight is 1320 g/mol. The first-order valence-corrected chi connectivity index (χ1v) is 34.5. The SMILES string of the molecule is CC(C)(C)C(=O)OCOC(=O)[C@@H]1N2C(=O)[C@@H](N=CN3CCCCCC3)[C@H]2SC1(C)C.CC(C)(C)C(=O)OCOC(=O)[C@@H]1N2C(=O)[C@@H](N=CN3CCCCCC3)[C@H]2SC1(C)C.CC(C)(C)C(=O)OCOC(=O)[C@@H]1N2C(=O)[C@@H](N=CN3CCCCCC3)[C@H]2SC1(C)C. The van der Waals surface area contributed by atoms with Gasteiger partial charge in [0.15, 0.2) is 18.1 Å². The zero-order valence-electron chi connectivity index (χ0n) is 55.7. The highest BCUT2D eigenvalue weighted by atomic mass is 32.2. The van der Waals surface area contributed by atoms with Gasteiger partial charge in [0.25, 0.3) is 17.7 Å². The number of β-lactam (4-membered cyclic amide) rings is 3. The average Bonchev–Trinajstić information content (AvgIpc) is 1.57. The van der Waals surface area contributed by atoms with Crippen molar-refractivity contribution >= 4 is 108 Å². The molecule has 0 saturated carbocycles. The molecule has 0 spiro atoms. The molecule has 9 fully saturated rings. The molecule has 9 atom stereocenters. The summed E-state index contributed by atoms with van der Waals surface area (Å²) in [6.45, 7) is 31.6. The van der Waals surface area contributed by atoms with Crippen molar-refractivity contribution in [1.29, 1.82) is 0 Å². The Labute approximate surface area is 544 Å². The van der Waals surface area contributed by atoms with Gasteiger partial charge >= 0.3 is 35.8 Å². The topological polar surface area (TPSA) is 266 Å². The first kappa shape index (κ1) is 72.1. The molecule has 504 valence electrons. The third-order valence-corrected chi connectivity index (χ3v) is 21.7. The predicted molar refractivity (Wildman–Crippen MR) is 345 cm³/mol. The lowest BCUT2D eigenvalue weighted by Crippen LogP contribution is -2.65. The van der Waals surface area contributed by atoms with Crippen LogP contribution in [0.15, 0.2) is 15.0 Å². The molecule has 24 nitrogen and oxygen atoms in total. The zero-order valence-corrected chi connectivity index (χ0v) is 58.1. The number of ether oxygens (including phenoxy) is 6. The molecule has 0 aromatic rings. The van der Waals surface area contributed by atoms with Gasteiger partial charge in [0, 0.05) is 53.5 Å². The van der Waals surface area contributed by atoms with Crippen LogP contribution in [0, 0.1) is 16.2 Å². The molecule has 27 heteroatoms. The number of rotatable bonds is 15. The lowest BCUT2D eigenvalue weighted by molar-refractivity contribution is -0.180. The van der Waals surface area contributed by atoms with E-state index in [9.17, 15) is 43.2 Å². The van der Waals surface area contributed by atoms with E-state index in [-0.39, 0.29) is 33.8 Å². The van der Waals surface area contributed by atoms with Gasteiger partial charge in [0.1, 0.15) is 34.2 Å². The highest BCUT2D eigenvalue weighted by Crippen LogP contribution is 2.54. The maximum Gasteiger partial charge on any atom is 0.333 e. The molecule has 9 heterocycles. The number of aliphatic imine (C=N–C) groups is 3. The van der Waals surface area contributed by atoms with Crippen molar-refractivity contribution in [3.63, 3.8) is 0 Å². The minimum atomic E-state index is -0.724. The summed E-state index contributed by atoms with van der Waals surface area (Å²) in [5.41, 5.74) is -2.02. The van der Waals surface area contributed by atoms with Gasteiger partial charge < -0.3 is 57.8 Å². The molecule has 0 aromatic carbocycles. The Kier molecular flexibility index (Phi) is 23.8. The Bertz CT molecular complexity index is 2420. The second-order valence-electron chi connectivity index (χ2n) is 29.0. The van der Waals surface area contributed by atoms with Crippen LogP contribution in [0.1, 0.15) is 181 Å². The molecule has 9 aliphatic heterocycles. The van der Waals surface area contributed by atoms with Crippen LogP contribution in [0.4, 0.5) is 0 Å². The fourth-order valence-electron chi connectivity index (χ4n) is 11.8. The Morgan fingerprint density at radius 3 is 0.800 bits per heavy atom. The fraction of sp³-hybridized carbons (Fsp3) is 0.810. The van der Waals surface area contributed by atoms with E-state index in [0.29, 0.717) is 0 Å². The molecule has 9 saturated heterocycles. The maximum absolute atomic E-state index is 12.8. The maximum atomic E-state index is 12.8. The molecule has 9 aliphatic rings. The summed E-state index contributed by atoms with van der Waals surface area (Å²) in [4.78, 5) is 137. The lowest BCUT2D eigenvalue weighted by atomic mass is 9.96. The van der Waals surface area contributed by atoms with Crippen LogP contribution in [-0.4, -0.2) is 228 Å². The minimum Gasteiger partial charge on any atom is -0.427 e. The number of thioether (sulfide) groups is 3. The Morgan fingerprint density at radius 1 is 0.389 bits per heavy atom. The number of likely N-dealkylation sites (tertiary alicyclic amines) is 3. The van der Waals surface area contributed by atoms with E-state index in [1.54, 1.807) is 112 Å². The summed E-state index contributed by atoms with van der Waals surface area (Å²) < 4.78 is 29.1. The molecule has 0 aromatic heterocycles. The number of hydrogen-bond donors (Lipinski definition) is 0. The Balaban J connectivity index is 0.000000192. The molecule has 3 amide bonds. The fourth-order valence-corrected chi connectivity index (χ4v) is 16.6. The van der Waals surface area contributed by atoms with Crippen molar-refractivity contribution < 1.29 is 71.6 Å². The van der Waals surface area contributed by atoms with Crippen LogP contribution < -0.4 is 0 Å². The quantitative estimate of drug-likeness (QED) is 0.0390. The number of hydrogen-bond acceptors (Lipinski definition) is 21. The molecule has 90 heavy (non-hydrogen) atoms. The molecular formula is C63H99N9O15S3. The van der Waals surface area contributed by atoms with Crippen molar-refractivity contribution in [1.82, 2.24) is 29.4 Å². The first-order chi connectivity index (χ1) is 42.1. The van der Waals surface area contributed by atoms with E-state index in [2.05, 4.69) is 29.7 Å². The van der Waals surface area contributed by atoms with Gasteiger partial charge in [0.05, 0.1) is 35.3 Å². The van der Waals surface area contributed by atoms with Gasteiger partial charge in [-0.3, -0.25) is 43.7 Å². The summed E-state index contributed by atoms with van der Waals surface area (Å²) in [5, 5.41) is -0.527. The smallest absolute Gasteiger partial charge is 0.333 e. The standard InChI is InChI=1S/3C21H33N3O5S/c3*1-20(2,3)19(27)29-13-28-18(26)15-21(4,5)30-17-14(16(25)24(15)17)22-12-23-10-8-6-7-9-11-23/h3*12,14-15,17H,6-11,13H2,1-5H3/t3*14-,15+,17-/m111/s1. The van der Waals surface area contributed by atoms with Crippen molar-refractivity contribution in [2.75, 3.05) is 59.6 Å². The second kappa shape index (κ2) is 29.8. The summed E-state index contributed by atoms with van der Waals surface area (Å²) in [6, 6.07) is -3.56.